The number of hydrogen-bond donors (Lipinski definition) is 0. The Kier molecular flexibility index (Phi) is 8.89. The average molecular weight is 431 g/mol. The number of unbranched alkanes of at least 4 members (excludes halogenated alkanes) is 1. The predicted molar refractivity (Wildman–Crippen MR) is 120 cm³/mol. The zero-order valence-corrected chi connectivity index (χ0v) is 18.2. The summed E-state index contributed by atoms with van der Waals surface area (Å²) in [5.74, 6) is -0.814. The van der Waals surface area contributed by atoms with Gasteiger partial charge in [-0.2, -0.15) is 4.39 Å². The van der Waals surface area contributed by atoms with Crippen molar-refractivity contribution in [2.24, 2.45) is 5.92 Å². The fourth-order valence-corrected chi connectivity index (χ4v) is 3.66. The highest BCUT2D eigenvalue weighted by Gasteiger charge is 2.22. The van der Waals surface area contributed by atoms with E-state index in [0.29, 0.717) is 43.2 Å². The molecule has 3 rings (SSSR count). The molecule has 1 saturated heterocycles. The summed E-state index contributed by atoms with van der Waals surface area (Å²) < 4.78 is 46.0. The molecule has 1 aliphatic rings. The van der Waals surface area contributed by atoms with Gasteiger partial charge in [0.1, 0.15) is 5.75 Å². The first-order chi connectivity index (χ1) is 15.1. The second-order valence-electron chi connectivity index (χ2n) is 8.04. The van der Waals surface area contributed by atoms with E-state index in [1.54, 1.807) is 30.3 Å². The average Bonchev–Trinajstić information content (AvgIpc) is 2.80. The number of ether oxygens (including phenoxy) is 3. The van der Waals surface area contributed by atoms with Gasteiger partial charge in [0, 0.05) is 11.5 Å². The van der Waals surface area contributed by atoms with Crippen LogP contribution < -0.4 is 9.47 Å². The molecule has 0 radical (unpaired) electrons. The van der Waals surface area contributed by atoms with Crippen molar-refractivity contribution in [3.8, 4) is 22.6 Å². The van der Waals surface area contributed by atoms with E-state index in [9.17, 15) is 8.78 Å². The molecule has 3 nitrogen and oxygen atoms in total. The molecule has 0 spiro atoms. The minimum absolute atomic E-state index is 0.0453. The van der Waals surface area contributed by atoms with E-state index in [4.69, 9.17) is 14.2 Å². The number of allylic oxidation sites excluding steroid dienone is 1. The van der Waals surface area contributed by atoms with Gasteiger partial charge in [0.05, 0.1) is 25.9 Å². The van der Waals surface area contributed by atoms with Crippen molar-refractivity contribution in [3.05, 3.63) is 60.7 Å². The lowest BCUT2D eigenvalue weighted by atomic mass is 9.97. The number of rotatable bonds is 11. The highest BCUT2D eigenvalue weighted by Crippen LogP contribution is 2.31. The topological polar surface area (TPSA) is 27.7 Å². The fourth-order valence-electron chi connectivity index (χ4n) is 3.66. The maximum Gasteiger partial charge on any atom is 0.201 e. The molecule has 0 amide bonds. The molecule has 2 aromatic rings. The van der Waals surface area contributed by atoms with E-state index >= 15 is 0 Å². The van der Waals surface area contributed by atoms with Gasteiger partial charge in [0.25, 0.3) is 0 Å². The summed E-state index contributed by atoms with van der Waals surface area (Å²) in [5, 5.41) is 0. The van der Waals surface area contributed by atoms with Crippen molar-refractivity contribution in [1.29, 1.82) is 0 Å². The first-order valence-electron chi connectivity index (χ1n) is 11.2. The van der Waals surface area contributed by atoms with Crippen LogP contribution in [-0.4, -0.2) is 25.9 Å². The lowest BCUT2D eigenvalue weighted by Crippen LogP contribution is -2.29. The summed E-state index contributed by atoms with van der Waals surface area (Å²) in [7, 11) is 0. The third-order valence-corrected chi connectivity index (χ3v) is 5.61. The Morgan fingerprint density at radius 2 is 1.87 bits per heavy atom. The molecular weight excluding hydrogens is 398 g/mol. The highest BCUT2D eigenvalue weighted by atomic mass is 19.2. The quantitative estimate of drug-likeness (QED) is 0.285. The summed E-state index contributed by atoms with van der Waals surface area (Å²) in [6.07, 6.45) is 8.12. The summed E-state index contributed by atoms with van der Waals surface area (Å²) in [6.45, 7) is 7.43. The Labute approximate surface area is 184 Å². The molecule has 2 aromatic carbocycles. The molecule has 168 valence electrons. The van der Waals surface area contributed by atoms with Crippen molar-refractivity contribution in [2.75, 3.05) is 19.8 Å². The van der Waals surface area contributed by atoms with E-state index < -0.39 is 11.6 Å². The number of benzene rings is 2. The monoisotopic (exact) mass is 430 g/mol. The van der Waals surface area contributed by atoms with Gasteiger partial charge in [-0.15, -0.1) is 6.58 Å². The van der Waals surface area contributed by atoms with Gasteiger partial charge in [0.15, 0.2) is 11.6 Å². The second-order valence-corrected chi connectivity index (χ2v) is 8.04. The van der Waals surface area contributed by atoms with Crippen LogP contribution in [0.4, 0.5) is 8.78 Å². The van der Waals surface area contributed by atoms with E-state index in [1.807, 2.05) is 13.0 Å². The highest BCUT2D eigenvalue weighted by molar-refractivity contribution is 5.66. The van der Waals surface area contributed by atoms with Crippen LogP contribution >= 0.6 is 0 Å². The van der Waals surface area contributed by atoms with Gasteiger partial charge >= 0.3 is 0 Å². The van der Waals surface area contributed by atoms with Crippen molar-refractivity contribution in [2.45, 2.75) is 51.6 Å². The summed E-state index contributed by atoms with van der Waals surface area (Å²) in [6, 6.07) is 10.1. The van der Waals surface area contributed by atoms with Gasteiger partial charge in [0.2, 0.25) is 5.82 Å². The first kappa shape index (κ1) is 23.3. The number of halogens is 2. The molecule has 0 N–H and O–H groups in total. The van der Waals surface area contributed by atoms with Crippen LogP contribution in [0.5, 0.6) is 11.5 Å². The smallest absolute Gasteiger partial charge is 0.201 e. The molecule has 1 fully saturated rings. The predicted octanol–water partition coefficient (Wildman–Crippen LogP) is 6.95. The van der Waals surface area contributed by atoms with Crippen molar-refractivity contribution < 1.29 is 23.0 Å². The van der Waals surface area contributed by atoms with Crippen LogP contribution in [0.1, 0.15) is 45.4 Å². The van der Waals surface area contributed by atoms with Crippen LogP contribution in [0.15, 0.2) is 49.1 Å². The summed E-state index contributed by atoms with van der Waals surface area (Å²) >= 11 is 0. The zero-order valence-electron chi connectivity index (χ0n) is 18.2. The Hall–Kier alpha value is -2.40. The molecule has 1 aliphatic heterocycles. The van der Waals surface area contributed by atoms with Gasteiger partial charge in [-0.05, 0) is 61.9 Å². The van der Waals surface area contributed by atoms with Crippen LogP contribution in [0.2, 0.25) is 0 Å². The van der Waals surface area contributed by atoms with Crippen molar-refractivity contribution >= 4 is 0 Å². The second kappa shape index (κ2) is 11.8. The van der Waals surface area contributed by atoms with Crippen LogP contribution in [-0.2, 0) is 4.74 Å². The molecule has 2 unspecified atom stereocenters. The molecule has 2 atom stereocenters. The van der Waals surface area contributed by atoms with E-state index in [2.05, 4.69) is 6.58 Å². The molecule has 1 heterocycles. The fraction of sp³-hybridized carbons (Fsp3) is 0.462. The third-order valence-electron chi connectivity index (χ3n) is 5.61. The molecule has 5 heteroatoms. The molecule has 0 saturated carbocycles. The SMILES string of the molecule is C=CCCC1CCC(COc2ccc(-c3ccc(OCCCC)c(F)c3F)cc2)CO1. The summed E-state index contributed by atoms with van der Waals surface area (Å²) in [4.78, 5) is 0. The molecule has 0 aromatic heterocycles. The van der Waals surface area contributed by atoms with Gasteiger partial charge in [-0.25, -0.2) is 4.39 Å². The lowest BCUT2D eigenvalue weighted by Gasteiger charge is -2.28. The van der Waals surface area contributed by atoms with E-state index in [0.717, 1.165) is 38.5 Å². The first-order valence-corrected chi connectivity index (χ1v) is 11.2. The maximum absolute atomic E-state index is 14.6. The Morgan fingerprint density at radius 1 is 1.06 bits per heavy atom. The Balaban J connectivity index is 1.53. The van der Waals surface area contributed by atoms with Crippen molar-refractivity contribution in [1.82, 2.24) is 0 Å². The standard InChI is InChI=1S/C26H32F2O3/c1-3-5-7-21-11-8-19(17-30-21)18-31-22-12-9-20(10-13-22)23-14-15-24(26(28)25(23)27)29-16-6-4-2/h3,9-10,12-15,19,21H,1,4-8,11,16-18H2,2H3. The Morgan fingerprint density at radius 3 is 2.55 bits per heavy atom. The van der Waals surface area contributed by atoms with Crippen molar-refractivity contribution in [3.63, 3.8) is 0 Å². The van der Waals surface area contributed by atoms with E-state index in [1.165, 1.54) is 6.07 Å². The zero-order chi connectivity index (χ0) is 22.1. The Bertz CT molecular complexity index is 827. The molecule has 0 bridgehead atoms. The summed E-state index contributed by atoms with van der Waals surface area (Å²) in [5.41, 5.74) is 0.799. The van der Waals surface area contributed by atoms with Crippen LogP contribution in [0.25, 0.3) is 11.1 Å². The maximum atomic E-state index is 14.6. The van der Waals surface area contributed by atoms with Gasteiger partial charge < -0.3 is 14.2 Å². The van der Waals surface area contributed by atoms with E-state index in [-0.39, 0.29) is 11.3 Å². The van der Waals surface area contributed by atoms with Crippen LogP contribution in [0, 0.1) is 17.6 Å². The third kappa shape index (κ3) is 6.54. The minimum atomic E-state index is -0.947. The number of hydrogen-bond acceptors (Lipinski definition) is 3. The minimum Gasteiger partial charge on any atom is -0.493 e. The van der Waals surface area contributed by atoms with Gasteiger partial charge in [-0.3, -0.25) is 0 Å². The normalized spacial score (nSPS) is 18.5. The molecule has 31 heavy (non-hydrogen) atoms. The molecule has 0 aliphatic carbocycles. The largest absolute Gasteiger partial charge is 0.493 e. The molecular formula is C26H32F2O3. The van der Waals surface area contributed by atoms with Crippen LogP contribution in [0.3, 0.4) is 0 Å². The van der Waals surface area contributed by atoms with Gasteiger partial charge in [-0.1, -0.05) is 31.6 Å². The lowest BCUT2D eigenvalue weighted by molar-refractivity contribution is -0.0299.